The maximum atomic E-state index is 11.9. The summed E-state index contributed by atoms with van der Waals surface area (Å²) in [6.07, 6.45) is 4.75. The predicted octanol–water partition coefficient (Wildman–Crippen LogP) is 1.98. The van der Waals surface area contributed by atoms with Gasteiger partial charge in [-0.1, -0.05) is 25.4 Å². The van der Waals surface area contributed by atoms with E-state index in [2.05, 4.69) is 20.4 Å². The number of rotatable bonds is 8. The van der Waals surface area contributed by atoms with Crippen molar-refractivity contribution in [1.82, 2.24) is 20.4 Å². The molecule has 2 aromatic heterocycles. The number of carbonyl (C=O) groups excluding carboxylic acids is 1. The van der Waals surface area contributed by atoms with E-state index in [0.29, 0.717) is 18.1 Å². The van der Waals surface area contributed by atoms with Gasteiger partial charge in [0, 0.05) is 37.3 Å². The van der Waals surface area contributed by atoms with Gasteiger partial charge in [-0.05, 0) is 25.0 Å². The molecule has 2 heterocycles. The zero-order chi connectivity index (χ0) is 17.6. The Morgan fingerprint density at radius 1 is 1.50 bits per heavy atom. The zero-order valence-electron chi connectivity index (χ0n) is 14.3. The number of aryl methyl sites for hydroxylation is 1. The number of aliphatic hydroxyl groups is 1. The fourth-order valence-corrected chi connectivity index (χ4v) is 2.17. The molecule has 0 bridgehead atoms. The van der Waals surface area contributed by atoms with Gasteiger partial charge in [-0.3, -0.25) is 9.78 Å². The molecule has 0 fully saturated rings. The predicted molar refractivity (Wildman–Crippen MR) is 88.9 cm³/mol. The third-order valence-electron chi connectivity index (χ3n) is 4.27. The standard InChI is InChI=1S/C17H24N4O3/c1-4-12(2)17(3,23)11-19-14(22)7-8-15-20-16(21-24-15)13-6-5-9-18-10-13/h5-6,9-10,12,23H,4,7-8,11H2,1-3H3,(H,19,22). The van der Waals surface area contributed by atoms with Crippen LogP contribution in [0.25, 0.3) is 11.4 Å². The van der Waals surface area contributed by atoms with Crippen molar-refractivity contribution in [3.05, 3.63) is 30.4 Å². The molecule has 0 radical (unpaired) electrons. The van der Waals surface area contributed by atoms with Crippen LogP contribution < -0.4 is 5.32 Å². The largest absolute Gasteiger partial charge is 0.388 e. The Bertz CT molecular complexity index is 655. The summed E-state index contributed by atoms with van der Waals surface area (Å²) < 4.78 is 5.15. The highest BCUT2D eigenvalue weighted by Crippen LogP contribution is 2.19. The molecule has 2 atom stereocenters. The highest BCUT2D eigenvalue weighted by atomic mass is 16.5. The van der Waals surface area contributed by atoms with Gasteiger partial charge in [0.1, 0.15) is 0 Å². The Hall–Kier alpha value is -2.28. The topological polar surface area (TPSA) is 101 Å². The van der Waals surface area contributed by atoms with Gasteiger partial charge in [-0.2, -0.15) is 4.98 Å². The number of nitrogens with one attached hydrogen (secondary N) is 1. The van der Waals surface area contributed by atoms with Crippen LogP contribution in [0.1, 0.15) is 39.5 Å². The maximum absolute atomic E-state index is 11.9. The van der Waals surface area contributed by atoms with Crippen molar-refractivity contribution >= 4 is 5.91 Å². The second-order valence-electron chi connectivity index (χ2n) is 6.20. The summed E-state index contributed by atoms with van der Waals surface area (Å²) >= 11 is 0. The van der Waals surface area contributed by atoms with Crippen LogP contribution in [0, 0.1) is 5.92 Å². The minimum absolute atomic E-state index is 0.107. The van der Waals surface area contributed by atoms with Crippen LogP contribution in [0.5, 0.6) is 0 Å². The van der Waals surface area contributed by atoms with E-state index in [9.17, 15) is 9.90 Å². The Morgan fingerprint density at radius 3 is 2.96 bits per heavy atom. The lowest BCUT2D eigenvalue weighted by atomic mass is 9.88. The quantitative estimate of drug-likeness (QED) is 0.766. The summed E-state index contributed by atoms with van der Waals surface area (Å²) in [6, 6.07) is 3.63. The van der Waals surface area contributed by atoms with Crippen LogP contribution in [0.4, 0.5) is 0 Å². The Morgan fingerprint density at radius 2 is 2.29 bits per heavy atom. The smallest absolute Gasteiger partial charge is 0.227 e. The highest BCUT2D eigenvalue weighted by Gasteiger charge is 2.27. The fourth-order valence-electron chi connectivity index (χ4n) is 2.17. The SMILES string of the molecule is CCC(C)C(C)(O)CNC(=O)CCc1nc(-c2cccnc2)no1. The molecule has 0 saturated carbocycles. The number of aromatic nitrogens is 3. The van der Waals surface area contributed by atoms with E-state index in [1.54, 1.807) is 25.4 Å². The fraction of sp³-hybridized carbons (Fsp3) is 0.529. The molecule has 0 aliphatic rings. The summed E-state index contributed by atoms with van der Waals surface area (Å²) in [7, 11) is 0. The van der Waals surface area contributed by atoms with Crippen LogP contribution in [0.3, 0.4) is 0 Å². The molecule has 2 unspecified atom stereocenters. The molecule has 7 heteroatoms. The molecule has 0 saturated heterocycles. The van der Waals surface area contributed by atoms with E-state index < -0.39 is 5.60 Å². The number of hydrogen-bond acceptors (Lipinski definition) is 6. The highest BCUT2D eigenvalue weighted by molar-refractivity contribution is 5.76. The molecule has 7 nitrogen and oxygen atoms in total. The number of nitrogens with zero attached hydrogens (tertiary/aromatic N) is 3. The average Bonchev–Trinajstić information content (AvgIpc) is 3.07. The van der Waals surface area contributed by atoms with Gasteiger partial charge in [0.2, 0.25) is 17.6 Å². The number of hydrogen-bond donors (Lipinski definition) is 2. The van der Waals surface area contributed by atoms with E-state index in [1.165, 1.54) is 0 Å². The van der Waals surface area contributed by atoms with Crippen molar-refractivity contribution in [2.24, 2.45) is 5.92 Å². The lowest BCUT2D eigenvalue weighted by molar-refractivity contribution is -0.122. The van der Waals surface area contributed by atoms with E-state index in [1.807, 2.05) is 19.9 Å². The summed E-state index contributed by atoms with van der Waals surface area (Å²) in [5, 5.41) is 16.9. The molecule has 0 aliphatic carbocycles. The molecule has 0 aromatic carbocycles. The van der Waals surface area contributed by atoms with Gasteiger partial charge in [-0.25, -0.2) is 0 Å². The number of pyridine rings is 1. The minimum atomic E-state index is -0.914. The van der Waals surface area contributed by atoms with Crippen LogP contribution >= 0.6 is 0 Å². The first-order chi connectivity index (χ1) is 11.4. The first-order valence-corrected chi connectivity index (χ1v) is 8.14. The van der Waals surface area contributed by atoms with Gasteiger partial charge in [0.15, 0.2) is 0 Å². The maximum Gasteiger partial charge on any atom is 0.227 e. The Balaban J connectivity index is 1.81. The lowest BCUT2D eigenvalue weighted by Gasteiger charge is -2.29. The van der Waals surface area contributed by atoms with Crippen molar-refractivity contribution in [1.29, 1.82) is 0 Å². The van der Waals surface area contributed by atoms with Gasteiger partial charge in [0.25, 0.3) is 0 Å². The minimum Gasteiger partial charge on any atom is -0.388 e. The van der Waals surface area contributed by atoms with Gasteiger partial charge in [0.05, 0.1) is 5.60 Å². The molecular weight excluding hydrogens is 308 g/mol. The molecule has 130 valence electrons. The van der Waals surface area contributed by atoms with Crippen LogP contribution in [0.2, 0.25) is 0 Å². The third-order valence-corrected chi connectivity index (χ3v) is 4.27. The molecule has 0 aliphatic heterocycles. The van der Waals surface area contributed by atoms with E-state index >= 15 is 0 Å². The van der Waals surface area contributed by atoms with Crippen molar-refractivity contribution in [2.75, 3.05) is 6.54 Å². The van der Waals surface area contributed by atoms with Crippen molar-refractivity contribution in [3.63, 3.8) is 0 Å². The van der Waals surface area contributed by atoms with E-state index in [4.69, 9.17) is 4.52 Å². The second kappa shape index (κ2) is 8.01. The van der Waals surface area contributed by atoms with Crippen molar-refractivity contribution < 1.29 is 14.4 Å². The number of carbonyl (C=O) groups is 1. The van der Waals surface area contributed by atoms with Crippen LogP contribution in [-0.2, 0) is 11.2 Å². The molecule has 1 amide bonds. The molecule has 24 heavy (non-hydrogen) atoms. The monoisotopic (exact) mass is 332 g/mol. The molecular formula is C17H24N4O3. The van der Waals surface area contributed by atoms with Crippen LogP contribution in [-0.4, -0.2) is 38.3 Å². The molecule has 2 aromatic rings. The van der Waals surface area contributed by atoms with Gasteiger partial charge < -0.3 is 14.9 Å². The molecule has 2 rings (SSSR count). The van der Waals surface area contributed by atoms with Crippen LogP contribution in [0.15, 0.2) is 29.0 Å². The normalized spacial score (nSPS) is 14.8. The van der Waals surface area contributed by atoms with Crippen molar-refractivity contribution in [2.45, 2.75) is 45.6 Å². The molecule has 2 N–H and O–H groups in total. The second-order valence-corrected chi connectivity index (χ2v) is 6.20. The summed E-state index contributed by atoms with van der Waals surface area (Å²) in [5.41, 5.74) is -0.149. The average molecular weight is 332 g/mol. The van der Waals surface area contributed by atoms with Gasteiger partial charge in [-0.15, -0.1) is 0 Å². The van der Waals surface area contributed by atoms with Gasteiger partial charge >= 0.3 is 0 Å². The van der Waals surface area contributed by atoms with E-state index in [0.717, 1.165) is 12.0 Å². The first-order valence-electron chi connectivity index (χ1n) is 8.14. The summed E-state index contributed by atoms with van der Waals surface area (Å²) in [5.74, 6) is 0.811. The summed E-state index contributed by atoms with van der Waals surface area (Å²) in [4.78, 5) is 20.2. The number of amides is 1. The molecule has 0 spiro atoms. The zero-order valence-corrected chi connectivity index (χ0v) is 14.3. The third kappa shape index (κ3) is 4.86. The van der Waals surface area contributed by atoms with Crippen molar-refractivity contribution in [3.8, 4) is 11.4 Å². The Labute approximate surface area is 141 Å². The Kier molecular flexibility index (Phi) is 6.03. The first kappa shape index (κ1) is 18.1. The lowest BCUT2D eigenvalue weighted by Crippen LogP contribution is -2.45. The van der Waals surface area contributed by atoms with E-state index in [-0.39, 0.29) is 24.8 Å². The summed E-state index contributed by atoms with van der Waals surface area (Å²) in [6.45, 7) is 5.94.